The molecule has 1 unspecified atom stereocenters. The summed E-state index contributed by atoms with van der Waals surface area (Å²) >= 11 is 0. The maximum Gasteiger partial charge on any atom is 0.0625 e. The Kier molecular flexibility index (Phi) is 4.67. The molecular formula is C16H28N2. The molecule has 18 heavy (non-hydrogen) atoms. The van der Waals surface area contributed by atoms with Crippen LogP contribution in [0.5, 0.6) is 0 Å². The Morgan fingerprint density at radius 1 is 1.17 bits per heavy atom. The minimum Gasteiger partial charge on any atom is -0.300 e. The van der Waals surface area contributed by atoms with Crippen molar-refractivity contribution in [2.45, 2.75) is 71.3 Å². The van der Waals surface area contributed by atoms with Crippen LogP contribution in [0.2, 0.25) is 0 Å². The van der Waals surface area contributed by atoms with Crippen molar-refractivity contribution in [1.29, 1.82) is 5.26 Å². The first-order valence-corrected chi connectivity index (χ1v) is 7.74. The van der Waals surface area contributed by atoms with E-state index in [-0.39, 0.29) is 0 Å². The topological polar surface area (TPSA) is 27.0 Å². The van der Waals surface area contributed by atoms with E-state index in [0.29, 0.717) is 11.3 Å². The monoisotopic (exact) mass is 248 g/mol. The van der Waals surface area contributed by atoms with Crippen molar-refractivity contribution in [2.75, 3.05) is 13.1 Å². The summed E-state index contributed by atoms with van der Waals surface area (Å²) in [6.07, 6.45) is 10.4. The molecular weight excluding hydrogens is 220 g/mol. The Labute approximate surface area is 112 Å². The molecule has 0 aromatic rings. The molecule has 0 aromatic heterocycles. The molecule has 1 aliphatic heterocycles. The Hall–Kier alpha value is -0.550. The van der Waals surface area contributed by atoms with Gasteiger partial charge in [-0.15, -0.1) is 0 Å². The van der Waals surface area contributed by atoms with Crippen LogP contribution in [-0.2, 0) is 0 Å². The van der Waals surface area contributed by atoms with E-state index in [1.54, 1.807) is 0 Å². The maximum absolute atomic E-state index is 9.02. The van der Waals surface area contributed by atoms with Crippen molar-refractivity contribution in [1.82, 2.24) is 4.90 Å². The van der Waals surface area contributed by atoms with Gasteiger partial charge in [-0.3, -0.25) is 0 Å². The predicted octanol–water partition coefficient (Wildman–Crippen LogP) is 3.97. The van der Waals surface area contributed by atoms with Crippen LogP contribution < -0.4 is 0 Å². The number of rotatable bonds is 2. The first-order valence-electron chi connectivity index (χ1n) is 7.74. The summed E-state index contributed by atoms with van der Waals surface area (Å²) in [5, 5.41) is 9.02. The van der Waals surface area contributed by atoms with Crippen LogP contribution in [0.4, 0.5) is 0 Å². The van der Waals surface area contributed by atoms with Gasteiger partial charge in [0, 0.05) is 19.0 Å². The molecule has 1 saturated heterocycles. The van der Waals surface area contributed by atoms with Crippen molar-refractivity contribution in [2.24, 2.45) is 11.3 Å². The summed E-state index contributed by atoms with van der Waals surface area (Å²) in [6.45, 7) is 7.10. The van der Waals surface area contributed by atoms with Gasteiger partial charge in [-0.25, -0.2) is 0 Å². The van der Waals surface area contributed by atoms with Crippen LogP contribution in [0, 0.1) is 22.7 Å². The fraction of sp³-hybridized carbons (Fsp3) is 0.938. The summed E-state index contributed by atoms with van der Waals surface area (Å²) in [7, 11) is 0. The molecule has 1 heterocycles. The molecule has 0 radical (unpaired) electrons. The van der Waals surface area contributed by atoms with Gasteiger partial charge < -0.3 is 4.90 Å². The van der Waals surface area contributed by atoms with Crippen LogP contribution >= 0.6 is 0 Å². The van der Waals surface area contributed by atoms with Crippen molar-refractivity contribution in [3.8, 4) is 6.07 Å². The fourth-order valence-corrected chi connectivity index (χ4v) is 3.66. The number of nitriles is 1. The van der Waals surface area contributed by atoms with Gasteiger partial charge in [0.25, 0.3) is 0 Å². The third-order valence-corrected chi connectivity index (χ3v) is 5.28. The maximum atomic E-state index is 9.02. The van der Waals surface area contributed by atoms with Crippen LogP contribution in [-0.4, -0.2) is 24.0 Å². The second kappa shape index (κ2) is 6.06. The fourth-order valence-electron chi connectivity index (χ4n) is 3.66. The van der Waals surface area contributed by atoms with Gasteiger partial charge in [0.2, 0.25) is 0 Å². The van der Waals surface area contributed by atoms with Crippen LogP contribution in [0.25, 0.3) is 0 Å². The lowest BCUT2D eigenvalue weighted by Gasteiger charge is -2.46. The van der Waals surface area contributed by atoms with E-state index in [1.807, 2.05) is 0 Å². The molecule has 2 heteroatoms. The number of likely N-dealkylation sites (tertiary alicyclic amines) is 1. The zero-order valence-corrected chi connectivity index (χ0v) is 12.1. The molecule has 0 aromatic carbocycles. The van der Waals surface area contributed by atoms with Crippen LogP contribution in [0.1, 0.15) is 65.2 Å². The molecule has 2 fully saturated rings. The molecule has 2 aliphatic rings. The first kappa shape index (κ1) is 13.9. The lowest BCUT2D eigenvalue weighted by molar-refractivity contribution is 0.0315. The molecule has 1 saturated carbocycles. The molecule has 2 rings (SSSR count). The Bertz CT molecular complexity index is 295. The smallest absolute Gasteiger partial charge is 0.0625 e. The number of nitrogens with zero attached hydrogens (tertiary/aromatic N) is 2. The van der Waals surface area contributed by atoms with E-state index < -0.39 is 0 Å². The van der Waals surface area contributed by atoms with Crippen molar-refractivity contribution >= 4 is 0 Å². The lowest BCUT2D eigenvalue weighted by atomic mass is 9.71. The van der Waals surface area contributed by atoms with Crippen molar-refractivity contribution in [3.05, 3.63) is 0 Å². The molecule has 1 aliphatic carbocycles. The molecule has 0 spiro atoms. The van der Waals surface area contributed by atoms with E-state index in [4.69, 9.17) is 5.26 Å². The number of piperidine rings is 1. The minimum absolute atomic E-state index is 0.358. The second-order valence-corrected chi connectivity index (χ2v) is 6.94. The third kappa shape index (κ3) is 3.26. The SMILES string of the molecule is CC1(C)CCN(C2CCCCCC2)CC1CC#N. The van der Waals surface area contributed by atoms with Gasteiger partial charge in [0.05, 0.1) is 6.07 Å². The quantitative estimate of drug-likeness (QED) is 0.691. The Balaban J connectivity index is 1.96. The van der Waals surface area contributed by atoms with Gasteiger partial charge in [0.1, 0.15) is 0 Å². The van der Waals surface area contributed by atoms with Gasteiger partial charge in [-0.1, -0.05) is 39.5 Å². The van der Waals surface area contributed by atoms with E-state index in [0.717, 1.165) is 19.0 Å². The highest BCUT2D eigenvalue weighted by Gasteiger charge is 2.37. The Morgan fingerprint density at radius 3 is 2.44 bits per heavy atom. The summed E-state index contributed by atoms with van der Waals surface area (Å²) in [4.78, 5) is 2.71. The standard InChI is InChI=1S/C16H28N2/c1-16(2)10-12-18(13-14(16)9-11-17)15-7-5-3-4-6-8-15/h14-15H,3-10,12-13H2,1-2H3. The van der Waals surface area contributed by atoms with E-state index in [1.165, 1.54) is 51.5 Å². The van der Waals surface area contributed by atoms with Crippen LogP contribution in [0.3, 0.4) is 0 Å². The number of hydrogen-bond acceptors (Lipinski definition) is 2. The molecule has 0 bridgehead atoms. The van der Waals surface area contributed by atoms with Gasteiger partial charge in [-0.05, 0) is 37.1 Å². The highest BCUT2D eigenvalue weighted by Crippen LogP contribution is 2.39. The molecule has 0 N–H and O–H groups in total. The summed E-state index contributed by atoms with van der Waals surface area (Å²) in [5.41, 5.74) is 0.358. The van der Waals surface area contributed by atoms with E-state index in [9.17, 15) is 0 Å². The molecule has 102 valence electrons. The third-order valence-electron chi connectivity index (χ3n) is 5.28. The van der Waals surface area contributed by atoms with Gasteiger partial charge >= 0.3 is 0 Å². The minimum atomic E-state index is 0.358. The van der Waals surface area contributed by atoms with Crippen molar-refractivity contribution in [3.63, 3.8) is 0 Å². The zero-order valence-electron chi connectivity index (χ0n) is 12.1. The normalized spacial score (nSPS) is 30.6. The van der Waals surface area contributed by atoms with E-state index in [2.05, 4.69) is 24.8 Å². The summed E-state index contributed by atoms with van der Waals surface area (Å²) < 4.78 is 0. The van der Waals surface area contributed by atoms with Crippen LogP contribution in [0.15, 0.2) is 0 Å². The van der Waals surface area contributed by atoms with E-state index >= 15 is 0 Å². The molecule has 1 atom stereocenters. The zero-order chi connectivity index (χ0) is 13.0. The lowest BCUT2D eigenvalue weighted by Crippen LogP contribution is -2.48. The highest BCUT2D eigenvalue weighted by atomic mass is 15.2. The van der Waals surface area contributed by atoms with Crippen molar-refractivity contribution < 1.29 is 0 Å². The first-order chi connectivity index (χ1) is 8.63. The van der Waals surface area contributed by atoms with Gasteiger partial charge in [0.15, 0.2) is 0 Å². The molecule has 2 nitrogen and oxygen atoms in total. The summed E-state index contributed by atoms with van der Waals surface area (Å²) in [6, 6.07) is 3.21. The average molecular weight is 248 g/mol. The molecule has 0 amide bonds. The van der Waals surface area contributed by atoms with Gasteiger partial charge in [-0.2, -0.15) is 5.26 Å². The summed E-state index contributed by atoms with van der Waals surface area (Å²) in [5.74, 6) is 0.569. The largest absolute Gasteiger partial charge is 0.300 e. The second-order valence-electron chi connectivity index (χ2n) is 6.94. The Morgan fingerprint density at radius 2 is 1.83 bits per heavy atom. The average Bonchev–Trinajstić information content (AvgIpc) is 2.61. The highest BCUT2D eigenvalue weighted by molar-refractivity contribution is 4.93. The number of hydrogen-bond donors (Lipinski definition) is 0. The predicted molar refractivity (Wildman–Crippen MR) is 75.2 cm³/mol.